The number of aliphatic hydroxyl groups excluding tert-OH is 2. The van der Waals surface area contributed by atoms with Gasteiger partial charge in [0.15, 0.2) is 6.10 Å². The van der Waals surface area contributed by atoms with E-state index in [1.54, 1.807) is 6.92 Å². The van der Waals surface area contributed by atoms with Gasteiger partial charge in [-0.1, -0.05) is 13.8 Å². The van der Waals surface area contributed by atoms with Crippen molar-refractivity contribution in [1.29, 1.82) is 0 Å². The molecule has 1 spiro atoms. The molecular weight excluding hydrogens is 490 g/mol. The summed E-state index contributed by atoms with van der Waals surface area (Å²) in [5, 5.41) is 59.9. The summed E-state index contributed by atoms with van der Waals surface area (Å²) in [4.78, 5) is 14.3. The smallest absolute Gasteiger partial charge is 0.303 e. The van der Waals surface area contributed by atoms with E-state index in [1.807, 2.05) is 0 Å². The normalized spacial score (nSPS) is 62.9. The maximum Gasteiger partial charge on any atom is 0.303 e. The molecule has 7 aliphatic rings. The van der Waals surface area contributed by atoms with Crippen LogP contribution in [-0.2, 0) is 14.3 Å². The highest BCUT2D eigenvalue weighted by atomic mass is 16.7. The Labute approximate surface area is 224 Å². The molecule has 4 bridgehead atoms. The van der Waals surface area contributed by atoms with E-state index in [1.165, 1.54) is 6.92 Å². The van der Waals surface area contributed by atoms with Gasteiger partial charge in [-0.15, -0.1) is 0 Å². The third kappa shape index (κ3) is 2.80. The van der Waals surface area contributed by atoms with Gasteiger partial charge in [0.2, 0.25) is 5.79 Å². The Morgan fingerprint density at radius 2 is 1.71 bits per heavy atom. The van der Waals surface area contributed by atoms with E-state index in [9.17, 15) is 30.3 Å². The van der Waals surface area contributed by atoms with Crippen LogP contribution in [-0.4, -0.2) is 96.4 Å². The van der Waals surface area contributed by atoms with Crippen LogP contribution in [0.2, 0.25) is 0 Å². The largest absolute Gasteiger partial charge is 0.457 e. The molecule has 0 aromatic carbocycles. The minimum atomic E-state index is -1.65. The fraction of sp³-hybridized carbons (Fsp3) is 0.966. The highest BCUT2D eigenvalue weighted by Crippen LogP contribution is 2.77. The minimum Gasteiger partial charge on any atom is -0.457 e. The van der Waals surface area contributed by atoms with Crippen LogP contribution >= 0.6 is 0 Å². The van der Waals surface area contributed by atoms with E-state index < -0.39 is 70.0 Å². The SMILES string of the molecule is CC(=O)O[C@H]1CC[C@@]2(C)[C@@H]3CC[C@H]4C5(O)C(O)C(O)C6[C@@H](CN7C[C@@H](C)CCC7[C@@]6(C)O)C5CC42O[C@@]13O. The number of carbonyl (C=O) groups excluding carboxylic acids is 1. The molecule has 9 heteroatoms. The number of fused-ring (bicyclic) bond motifs is 5. The number of hydrogen-bond acceptors (Lipinski definition) is 9. The molecule has 0 aromatic rings. The summed E-state index contributed by atoms with van der Waals surface area (Å²) in [5.74, 6) is -3.56. The monoisotopic (exact) mass is 535 g/mol. The van der Waals surface area contributed by atoms with Crippen LogP contribution in [0.4, 0.5) is 0 Å². The third-order valence-corrected chi connectivity index (χ3v) is 13.1. The minimum absolute atomic E-state index is 0.0936. The van der Waals surface area contributed by atoms with Gasteiger partial charge in [-0.2, -0.15) is 0 Å². The Kier molecular flexibility index (Phi) is 5.30. The van der Waals surface area contributed by atoms with Crippen molar-refractivity contribution in [2.75, 3.05) is 13.1 Å². The van der Waals surface area contributed by atoms with Gasteiger partial charge in [-0.25, -0.2) is 0 Å². The zero-order valence-electron chi connectivity index (χ0n) is 23.0. The zero-order valence-corrected chi connectivity index (χ0v) is 23.0. The first-order valence-corrected chi connectivity index (χ1v) is 14.9. The fourth-order valence-corrected chi connectivity index (χ4v) is 11.7. The Hall–Kier alpha value is -0.810. The second kappa shape index (κ2) is 7.72. The van der Waals surface area contributed by atoms with Gasteiger partial charge >= 0.3 is 5.97 Å². The maximum atomic E-state index is 12.6. The molecule has 4 saturated carbocycles. The number of ether oxygens (including phenoxy) is 2. The van der Waals surface area contributed by atoms with Crippen molar-refractivity contribution in [3.63, 3.8) is 0 Å². The fourth-order valence-electron chi connectivity index (χ4n) is 11.7. The summed E-state index contributed by atoms with van der Waals surface area (Å²) in [7, 11) is 0. The summed E-state index contributed by atoms with van der Waals surface area (Å²) in [6.07, 6.45) is 1.09. The Bertz CT molecular complexity index is 1040. The van der Waals surface area contributed by atoms with Crippen LogP contribution < -0.4 is 0 Å². The van der Waals surface area contributed by atoms with Gasteiger partial charge in [0.25, 0.3) is 0 Å². The highest BCUT2D eigenvalue weighted by molar-refractivity contribution is 5.66. The molecule has 38 heavy (non-hydrogen) atoms. The Morgan fingerprint density at radius 1 is 1.00 bits per heavy atom. The third-order valence-electron chi connectivity index (χ3n) is 13.1. The van der Waals surface area contributed by atoms with Crippen molar-refractivity contribution in [2.45, 2.75) is 120 Å². The predicted octanol–water partition coefficient (Wildman–Crippen LogP) is 0.786. The molecule has 0 amide bonds. The van der Waals surface area contributed by atoms with Crippen LogP contribution in [0.25, 0.3) is 0 Å². The van der Waals surface area contributed by atoms with Gasteiger partial charge < -0.3 is 35.0 Å². The molecule has 7 unspecified atom stereocenters. The second-order valence-electron chi connectivity index (χ2n) is 14.7. The van der Waals surface area contributed by atoms with Gasteiger partial charge in [-0.3, -0.25) is 9.69 Å². The quantitative estimate of drug-likeness (QED) is 0.308. The maximum absolute atomic E-state index is 12.6. The van der Waals surface area contributed by atoms with Gasteiger partial charge in [0, 0.05) is 49.2 Å². The molecule has 214 valence electrons. The lowest BCUT2D eigenvalue weighted by Gasteiger charge is -2.63. The molecule has 9 nitrogen and oxygen atoms in total. The van der Waals surface area contributed by atoms with Crippen molar-refractivity contribution in [3.8, 4) is 0 Å². The first-order valence-electron chi connectivity index (χ1n) is 14.9. The summed E-state index contributed by atoms with van der Waals surface area (Å²) < 4.78 is 12.4. The molecule has 7 fully saturated rings. The number of nitrogens with zero attached hydrogens (tertiary/aromatic N) is 1. The second-order valence-corrected chi connectivity index (χ2v) is 14.7. The highest BCUT2D eigenvalue weighted by Gasteiger charge is 2.85. The van der Waals surface area contributed by atoms with Gasteiger partial charge in [0.1, 0.15) is 11.7 Å². The number of hydrogen-bond donors (Lipinski definition) is 5. The van der Waals surface area contributed by atoms with Crippen LogP contribution in [0, 0.1) is 40.9 Å². The predicted molar refractivity (Wildman–Crippen MR) is 134 cm³/mol. The number of aliphatic hydroxyl groups is 5. The zero-order chi connectivity index (χ0) is 27.2. The molecule has 3 heterocycles. The molecular formula is C29H45NO8. The van der Waals surface area contributed by atoms with Crippen molar-refractivity contribution in [3.05, 3.63) is 0 Å². The Morgan fingerprint density at radius 3 is 2.42 bits per heavy atom. The van der Waals surface area contributed by atoms with Crippen molar-refractivity contribution >= 4 is 5.97 Å². The summed E-state index contributed by atoms with van der Waals surface area (Å²) >= 11 is 0. The summed E-state index contributed by atoms with van der Waals surface area (Å²) in [5.41, 5.74) is -4.22. The lowest BCUT2D eigenvalue weighted by atomic mass is 9.49. The number of piperidine rings is 2. The molecule has 0 radical (unpaired) electrons. The van der Waals surface area contributed by atoms with Crippen LogP contribution in [0.5, 0.6) is 0 Å². The molecule has 15 atom stereocenters. The standard InChI is InChI=1S/C29H45NO8/c1-14-5-8-20-26(4,34)22-16(13-30(20)12-14)17-11-27-19(28(17,35)24(33)23(22)32)7-6-18-25(27,3)10-9-21(37-15(2)31)29(18,36)38-27/h14,16-24,32-36H,5-13H2,1-4H3/t14-,16-,17?,18-,19+,20?,21-,22?,23?,24?,25-,26+,27?,28?,29+/m0/s1. The molecule has 3 aliphatic heterocycles. The van der Waals surface area contributed by atoms with Gasteiger partial charge in [0.05, 0.1) is 17.3 Å². The van der Waals surface area contributed by atoms with E-state index >= 15 is 0 Å². The van der Waals surface area contributed by atoms with E-state index in [0.29, 0.717) is 44.6 Å². The first-order chi connectivity index (χ1) is 17.7. The molecule has 4 aliphatic carbocycles. The lowest BCUT2D eigenvalue weighted by molar-refractivity contribution is -0.292. The first kappa shape index (κ1) is 26.1. The van der Waals surface area contributed by atoms with Crippen molar-refractivity contribution in [1.82, 2.24) is 4.90 Å². The van der Waals surface area contributed by atoms with Crippen LogP contribution in [0.3, 0.4) is 0 Å². The van der Waals surface area contributed by atoms with E-state index in [4.69, 9.17) is 9.47 Å². The molecule has 3 saturated heterocycles. The Balaban J connectivity index is 1.32. The number of carbonyl (C=O) groups is 1. The van der Waals surface area contributed by atoms with Gasteiger partial charge in [-0.05, 0) is 69.6 Å². The average molecular weight is 536 g/mol. The van der Waals surface area contributed by atoms with E-state index in [0.717, 1.165) is 19.4 Å². The number of esters is 1. The molecule has 0 aromatic heterocycles. The van der Waals surface area contributed by atoms with Crippen LogP contribution in [0.15, 0.2) is 0 Å². The average Bonchev–Trinajstić information content (AvgIpc) is 3.07. The summed E-state index contributed by atoms with van der Waals surface area (Å²) in [6, 6.07) is -0.0936. The molecule has 5 N–H and O–H groups in total. The summed E-state index contributed by atoms with van der Waals surface area (Å²) in [6.45, 7) is 9.02. The van der Waals surface area contributed by atoms with Crippen molar-refractivity contribution in [2.24, 2.45) is 40.9 Å². The van der Waals surface area contributed by atoms with E-state index in [-0.39, 0.29) is 17.9 Å². The number of rotatable bonds is 1. The molecule has 7 rings (SSSR count). The van der Waals surface area contributed by atoms with Crippen LogP contribution in [0.1, 0.15) is 72.6 Å². The van der Waals surface area contributed by atoms with E-state index in [2.05, 4.69) is 18.7 Å². The lowest BCUT2D eigenvalue weighted by Crippen LogP contribution is -2.76. The van der Waals surface area contributed by atoms with Crippen molar-refractivity contribution < 1.29 is 39.8 Å². The topological polar surface area (TPSA) is 140 Å².